The molecule has 302 valence electrons. The number of hydrogen-bond acceptors (Lipinski definition) is 3. The van der Waals surface area contributed by atoms with Gasteiger partial charge in [0, 0.05) is 73.9 Å². The summed E-state index contributed by atoms with van der Waals surface area (Å²) in [4.78, 5) is 9.20. The monoisotopic (exact) mass is 819 g/mol. The van der Waals surface area contributed by atoms with Crippen LogP contribution in [0.15, 0.2) is 249 Å². The maximum Gasteiger partial charge on any atom is 0.0804 e. The lowest BCUT2D eigenvalue weighted by atomic mass is 10.1. The van der Waals surface area contributed by atoms with Crippen molar-refractivity contribution in [2.75, 3.05) is 9.80 Å². The lowest BCUT2D eigenvalue weighted by Gasteiger charge is -2.26. The van der Waals surface area contributed by atoms with Gasteiger partial charge in [0.15, 0.2) is 0 Å². The van der Waals surface area contributed by atoms with Crippen LogP contribution >= 0.6 is 0 Å². The molecule has 0 saturated heterocycles. The molecule has 0 fully saturated rings. The minimum absolute atomic E-state index is 1.07. The number of nitrogens with zero attached hydrogens (tertiary/aromatic N) is 5. The summed E-state index contributed by atoms with van der Waals surface area (Å²) in [5.41, 5.74) is 15.4. The van der Waals surface area contributed by atoms with E-state index < -0.39 is 0 Å². The van der Waals surface area contributed by atoms with Crippen LogP contribution in [0, 0.1) is 0 Å². The van der Waals surface area contributed by atoms with Crippen LogP contribution in [0.2, 0.25) is 0 Å². The molecule has 0 aliphatic rings. The Balaban J connectivity index is 1.23. The largest absolute Gasteiger partial charge is 0.310 e. The fraction of sp³-hybridized carbons (Fsp3) is 0. The molecular formula is C59H41N5. The molecule has 64 heavy (non-hydrogen) atoms. The van der Waals surface area contributed by atoms with Crippen LogP contribution in [-0.2, 0) is 0 Å². The van der Waals surface area contributed by atoms with E-state index in [1.165, 1.54) is 10.8 Å². The molecule has 0 amide bonds. The predicted octanol–water partition coefficient (Wildman–Crippen LogP) is 15.9. The van der Waals surface area contributed by atoms with Gasteiger partial charge >= 0.3 is 0 Å². The molecule has 0 aliphatic carbocycles. The summed E-state index contributed by atoms with van der Waals surface area (Å²) in [5, 5.41) is 4.67. The summed E-state index contributed by atoms with van der Waals surface area (Å²) in [6, 6.07) is 85.0. The topological polar surface area (TPSA) is 29.2 Å². The fourth-order valence-electron chi connectivity index (χ4n) is 9.53. The zero-order valence-electron chi connectivity index (χ0n) is 34.9. The summed E-state index contributed by atoms with van der Waals surface area (Å²) in [5.74, 6) is 0. The summed E-state index contributed by atoms with van der Waals surface area (Å²) in [6.07, 6.45) is 3.77. The highest BCUT2D eigenvalue weighted by Crippen LogP contribution is 2.47. The lowest BCUT2D eigenvalue weighted by molar-refractivity contribution is 1.18. The van der Waals surface area contributed by atoms with Crippen LogP contribution in [0.5, 0.6) is 0 Å². The van der Waals surface area contributed by atoms with Crippen molar-refractivity contribution in [1.82, 2.24) is 14.1 Å². The van der Waals surface area contributed by atoms with E-state index in [0.717, 1.165) is 89.5 Å². The maximum atomic E-state index is 4.49. The first-order chi connectivity index (χ1) is 31.8. The molecular weight excluding hydrogens is 779 g/mol. The molecule has 5 heteroatoms. The van der Waals surface area contributed by atoms with Crippen LogP contribution in [0.4, 0.5) is 34.1 Å². The first-order valence-corrected chi connectivity index (χ1v) is 21.7. The number of benzene rings is 9. The van der Waals surface area contributed by atoms with Crippen LogP contribution < -0.4 is 9.80 Å². The van der Waals surface area contributed by atoms with Crippen molar-refractivity contribution in [1.29, 1.82) is 0 Å². The SMILES string of the molecule is c1ccc(N(c2ccccc2)c2ccc3c(c2)c2c(c4cc(N(c5ccccc5)c5ccccc5)ccc4n2-c2cccc(-c4cccnc4)c2)n3-c2cccc3ccccc23)cc1. The zero-order chi connectivity index (χ0) is 42.4. The number of fused-ring (bicyclic) bond motifs is 6. The normalized spacial score (nSPS) is 11.4. The van der Waals surface area contributed by atoms with E-state index in [4.69, 9.17) is 0 Å². The molecule has 0 radical (unpaired) electrons. The van der Waals surface area contributed by atoms with Crippen LogP contribution in [0.3, 0.4) is 0 Å². The lowest BCUT2D eigenvalue weighted by Crippen LogP contribution is -2.10. The Bertz CT molecular complexity index is 3430. The van der Waals surface area contributed by atoms with Crippen molar-refractivity contribution in [3.05, 3.63) is 249 Å². The van der Waals surface area contributed by atoms with Gasteiger partial charge in [0.05, 0.1) is 27.8 Å². The Hall–Kier alpha value is -8.67. The summed E-state index contributed by atoms with van der Waals surface area (Å²) >= 11 is 0. The maximum absolute atomic E-state index is 4.49. The van der Waals surface area contributed by atoms with Crippen molar-refractivity contribution in [3.63, 3.8) is 0 Å². The summed E-state index contributed by atoms with van der Waals surface area (Å²) < 4.78 is 4.99. The third kappa shape index (κ3) is 6.29. The number of rotatable bonds is 9. The van der Waals surface area contributed by atoms with Gasteiger partial charge < -0.3 is 18.9 Å². The number of para-hydroxylation sites is 4. The second-order valence-corrected chi connectivity index (χ2v) is 16.1. The van der Waals surface area contributed by atoms with E-state index in [1.807, 2.05) is 18.5 Å². The Morgan fingerprint density at radius 1 is 0.328 bits per heavy atom. The van der Waals surface area contributed by atoms with Gasteiger partial charge in [-0.2, -0.15) is 0 Å². The average Bonchev–Trinajstić information content (AvgIpc) is 3.88. The van der Waals surface area contributed by atoms with Crippen molar-refractivity contribution >= 4 is 77.7 Å². The third-order valence-electron chi connectivity index (χ3n) is 12.3. The van der Waals surface area contributed by atoms with Gasteiger partial charge in [0.2, 0.25) is 0 Å². The Kier molecular flexibility index (Phi) is 9.08. The molecule has 0 spiro atoms. The van der Waals surface area contributed by atoms with Crippen molar-refractivity contribution < 1.29 is 0 Å². The zero-order valence-corrected chi connectivity index (χ0v) is 34.9. The van der Waals surface area contributed by atoms with Crippen LogP contribution in [0.1, 0.15) is 0 Å². The van der Waals surface area contributed by atoms with Gasteiger partial charge in [0.25, 0.3) is 0 Å². The molecule has 12 rings (SSSR count). The predicted molar refractivity (Wildman–Crippen MR) is 268 cm³/mol. The van der Waals surface area contributed by atoms with Crippen molar-refractivity contribution in [2.45, 2.75) is 0 Å². The number of aromatic nitrogens is 3. The molecule has 5 nitrogen and oxygen atoms in total. The third-order valence-corrected chi connectivity index (χ3v) is 12.3. The minimum atomic E-state index is 1.07. The highest BCUT2D eigenvalue weighted by Gasteiger charge is 2.26. The second kappa shape index (κ2) is 15.7. The average molecular weight is 820 g/mol. The van der Waals surface area contributed by atoms with Gasteiger partial charge in [0.1, 0.15) is 0 Å². The van der Waals surface area contributed by atoms with E-state index in [0.29, 0.717) is 0 Å². The molecule has 0 atom stereocenters. The van der Waals surface area contributed by atoms with E-state index in [1.54, 1.807) is 0 Å². The molecule has 12 aromatic rings. The van der Waals surface area contributed by atoms with Crippen molar-refractivity contribution in [3.8, 4) is 22.5 Å². The van der Waals surface area contributed by atoms with Crippen LogP contribution in [0.25, 0.3) is 66.1 Å². The minimum Gasteiger partial charge on any atom is -0.310 e. The molecule has 0 unspecified atom stereocenters. The highest BCUT2D eigenvalue weighted by atomic mass is 15.2. The molecule has 3 heterocycles. The van der Waals surface area contributed by atoms with Gasteiger partial charge in [-0.25, -0.2) is 0 Å². The fourth-order valence-corrected chi connectivity index (χ4v) is 9.53. The van der Waals surface area contributed by atoms with Gasteiger partial charge in [-0.1, -0.05) is 127 Å². The van der Waals surface area contributed by atoms with E-state index in [9.17, 15) is 0 Å². The first-order valence-electron chi connectivity index (χ1n) is 21.7. The van der Waals surface area contributed by atoms with E-state index in [2.05, 4.69) is 254 Å². The quantitative estimate of drug-likeness (QED) is 0.145. The molecule has 9 aromatic carbocycles. The number of anilines is 6. The number of hydrogen-bond donors (Lipinski definition) is 0. The second-order valence-electron chi connectivity index (χ2n) is 16.1. The Labute approximate surface area is 371 Å². The highest BCUT2D eigenvalue weighted by molar-refractivity contribution is 6.22. The smallest absolute Gasteiger partial charge is 0.0804 e. The summed E-state index contributed by atoms with van der Waals surface area (Å²) in [7, 11) is 0. The Morgan fingerprint density at radius 2 is 0.812 bits per heavy atom. The van der Waals surface area contributed by atoms with E-state index in [-0.39, 0.29) is 0 Å². The molecule has 0 aliphatic heterocycles. The standard InChI is InChI=1S/C59H41N5/c1-5-22-45(23-6-1)61(46-24-7-2-8-25-46)50-33-35-56-53(39-50)59-58(63(56)49-30-15-20-43(38-49)44-21-17-37-60-41-44)54-40-51(62(47-26-9-3-10-27-47)48-28-11-4-12-29-48)34-36-57(54)64(59)55-32-16-19-42-18-13-14-31-52(42)55/h1-41H. The van der Waals surface area contributed by atoms with E-state index >= 15 is 0 Å². The van der Waals surface area contributed by atoms with Gasteiger partial charge in [-0.15, -0.1) is 0 Å². The van der Waals surface area contributed by atoms with Gasteiger partial charge in [-0.05, 0) is 120 Å². The van der Waals surface area contributed by atoms with Crippen molar-refractivity contribution in [2.24, 2.45) is 0 Å². The molecule has 0 bridgehead atoms. The number of pyridine rings is 1. The van der Waals surface area contributed by atoms with Gasteiger partial charge in [-0.3, -0.25) is 4.98 Å². The summed E-state index contributed by atoms with van der Waals surface area (Å²) in [6.45, 7) is 0. The molecule has 3 aromatic heterocycles. The Morgan fingerprint density at radius 3 is 1.38 bits per heavy atom. The molecule has 0 N–H and O–H groups in total. The molecule has 0 saturated carbocycles. The van der Waals surface area contributed by atoms with Crippen LogP contribution in [-0.4, -0.2) is 14.1 Å². The first kappa shape index (κ1) is 37.1.